The molecule has 1 fully saturated rings. The maximum atomic E-state index is 11.7. The van der Waals surface area contributed by atoms with Crippen LogP contribution in [0.2, 0.25) is 0 Å². The zero-order valence-electron chi connectivity index (χ0n) is 11.2. The Morgan fingerprint density at radius 1 is 1.05 bits per heavy atom. The van der Waals surface area contributed by atoms with Gasteiger partial charge in [0.1, 0.15) is 6.04 Å². The van der Waals surface area contributed by atoms with Crippen LogP contribution in [0.5, 0.6) is 0 Å². The number of rotatable bonds is 0. The minimum absolute atomic E-state index is 0. The van der Waals surface area contributed by atoms with Gasteiger partial charge in [0, 0.05) is 39.3 Å². The van der Waals surface area contributed by atoms with Gasteiger partial charge in [-0.15, -0.1) is 0 Å². The van der Waals surface area contributed by atoms with Crippen molar-refractivity contribution in [3.8, 4) is 0 Å². The summed E-state index contributed by atoms with van der Waals surface area (Å²) in [4.78, 5) is 23.3. The van der Waals surface area contributed by atoms with Gasteiger partial charge in [0.05, 0.1) is 0 Å². The first-order valence-corrected chi connectivity index (χ1v) is 6.52. The second-order valence-corrected chi connectivity index (χ2v) is 4.77. The average molecular weight is 344 g/mol. The van der Waals surface area contributed by atoms with Gasteiger partial charge >= 0.3 is 0 Å². The van der Waals surface area contributed by atoms with E-state index in [0.29, 0.717) is 6.54 Å². The van der Waals surface area contributed by atoms with Crippen molar-refractivity contribution in [2.24, 2.45) is 5.92 Å². The Bertz CT molecular complexity index is 272. The number of nitrogens with one attached hydrogen (secondary N) is 2. The van der Waals surface area contributed by atoms with Crippen molar-refractivity contribution in [2.75, 3.05) is 6.54 Å². The third-order valence-electron chi connectivity index (χ3n) is 3.15. The van der Waals surface area contributed by atoms with Crippen LogP contribution in [0.4, 0.5) is 0 Å². The Kier molecular flexibility index (Phi) is 13.3. The maximum Gasteiger partial charge on any atom is 0.242 e. The second-order valence-electron chi connectivity index (χ2n) is 4.77. The van der Waals surface area contributed by atoms with E-state index in [1.54, 1.807) is 6.92 Å². The molecule has 0 aromatic rings. The van der Waals surface area contributed by atoms with Crippen LogP contribution in [0, 0.1) is 12.8 Å². The van der Waals surface area contributed by atoms with Crippen molar-refractivity contribution in [2.45, 2.75) is 58.9 Å². The molecule has 4 nitrogen and oxygen atoms in total. The summed E-state index contributed by atoms with van der Waals surface area (Å²) < 4.78 is 0. The quantitative estimate of drug-likeness (QED) is 0.661. The number of carbonyl (C=O) groups is 2. The molecule has 0 spiro atoms. The van der Waals surface area contributed by atoms with Crippen molar-refractivity contribution in [3.63, 3.8) is 0 Å². The normalized spacial score (nSPS) is 26.2. The van der Waals surface area contributed by atoms with Crippen molar-refractivity contribution in [3.05, 3.63) is 6.92 Å². The van der Waals surface area contributed by atoms with E-state index in [2.05, 4.69) is 17.6 Å². The molecule has 1 aliphatic heterocycles. The van der Waals surface area contributed by atoms with Gasteiger partial charge < -0.3 is 17.6 Å². The van der Waals surface area contributed by atoms with Gasteiger partial charge in [-0.1, -0.05) is 45.4 Å². The van der Waals surface area contributed by atoms with Gasteiger partial charge in [-0.2, -0.15) is 0 Å². The van der Waals surface area contributed by atoms with Crippen molar-refractivity contribution >= 4 is 11.8 Å². The largest absolute Gasteiger partial charge is 0.354 e. The fourth-order valence-corrected chi connectivity index (χ4v) is 1.94. The van der Waals surface area contributed by atoms with Crippen molar-refractivity contribution in [1.82, 2.24) is 10.6 Å². The standard InChI is InChI=1S/C13H23N2O2.CH4.Y/c1-10-8-6-4-3-5-7-9-14-13(17)11(2)15-12(10)16;;/h10-11H,1,3-9H2,2H3,(H,14,17)(H,15,16);1H4;/q-1;;. The fourth-order valence-electron chi connectivity index (χ4n) is 1.94. The van der Waals surface area contributed by atoms with E-state index in [0.717, 1.165) is 32.1 Å². The molecule has 2 unspecified atom stereocenters. The first-order chi connectivity index (χ1) is 8.11. The van der Waals surface area contributed by atoms with E-state index in [1.165, 1.54) is 6.42 Å². The summed E-state index contributed by atoms with van der Waals surface area (Å²) in [6, 6.07) is -0.465. The SMILES string of the molecule is C.[CH2-]C1CCCCCCCNC(=O)C(C)NC1=O.[Y]. The maximum absolute atomic E-state index is 11.7. The Morgan fingerprint density at radius 2 is 1.63 bits per heavy atom. The van der Waals surface area contributed by atoms with Gasteiger partial charge in [0.25, 0.3) is 0 Å². The van der Waals surface area contributed by atoms with Crippen LogP contribution in [0.1, 0.15) is 52.9 Å². The summed E-state index contributed by atoms with van der Waals surface area (Å²) >= 11 is 0. The summed E-state index contributed by atoms with van der Waals surface area (Å²) in [6.07, 6.45) is 6.30. The van der Waals surface area contributed by atoms with E-state index in [4.69, 9.17) is 0 Å². The van der Waals surface area contributed by atoms with E-state index in [1.807, 2.05) is 0 Å². The van der Waals surface area contributed by atoms with Crippen LogP contribution in [0.15, 0.2) is 0 Å². The van der Waals surface area contributed by atoms with E-state index < -0.39 is 6.04 Å². The monoisotopic (exact) mass is 344 g/mol. The predicted molar refractivity (Wildman–Crippen MR) is 73.9 cm³/mol. The van der Waals surface area contributed by atoms with Gasteiger partial charge in [0.2, 0.25) is 5.91 Å². The van der Waals surface area contributed by atoms with E-state index >= 15 is 0 Å². The van der Waals surface area contributed by atoms with E-state index in [-0.39, 0.29) is 57.9 Å². The molecule has 1 aliphatic rings. The number of amides is 2. The third kappa shape index (κ3) is 8.75. The average Bonchev–Trinajstić information content (AvgIpc) is 2.31. The molecule has 0 aromatic heterocycles. The summed E-state index contributed by atoms with van der Waals surface area (Å²) in [6.45, 7) is 6.25. The summed E-state index contributed by atoms with van der Waals surface area (Å²) in [7, 11) is 0. The molecule has 0 aliphatic carbocycles. The number of hydrogen-bond acceptors (Lipinski definition) is 2. The predicted octanol–water partition coefficient (Wildman–Crippen LogP) is 2.05. The molecule has 1 saturated heterocycles. The van der Waals surface area contributed by atoms with Gasteiger partial charge in [-0.25, -0.2) is 0 Å². The first-order valence-electron chi connectivity index (χ1n) is 6.52. The smallest absolute Gasteiger partial charge is 0.242 e. The summed E-state index contributed by atoms with van der Waals surface area (Å²) in [5.74, 6) is -0.470. The molecule has 2 N–H and O–H groups in total. The number of hydrogen-bond donors (Lipinski definition) is 2. The molecular weight excluding hydrogens is 317 g/mol. The van der Waals surface area contributed by atoms with Crippen molar-refractivity contribution < 1.29 is 42.3 Å². The van der Waals surface area contributed by atoms with Crippen molar-refractivity contribution in [1.29, 1.82) is 0 Å². The zero-order valence-corrected chi connectivity index (χ0v) is 14.0. The fraction of sp³-hybridized carbons (Fsp3) is 0.786. The van der Waals surface area contributed by atoms with Gasteiger partial charge in [-0.3, -0.25) is 9.59 Å². The van der Waals surface area contributed by atoms with E-state index in [9.17, 15) is 9.59 Å². The molecule has 2 amide bonds. The Balaban J connectivity index is 0. The summed E-state index contributed by atoms with van der Waals surface area (Å²) in [5, 5.41) is 5.54. The third-order valence-corrected chi connectivity index (χ3v) is 3.15. The first kappa shape index (κ1) is 21.3. The van der Waals surface area contributed by atoms with Crippen LogP contribution in [0.3, 0.4) is 0 Å². The Morgan fingerprint density at radius 3 is 2.32 bits per heavy atom. The molecule has 109 valence electrons. The van der Waals surface area contributed by atoms with Crippen LogP contribution in [-0.4, -0.2) is 24.4 Å². The molecule has 19 heavy (non-hydrogen) atoms. The Hall–Kier alpha value is 0.0439. The minimum Gasteiger partial charge on any atom is -0.354 e. The van der Waals surface area contributed by atoms with Crippen LogP contribution >= 0.6 is 0 Å². The van der Waals surface area contributed by atoms with Crippen LogP contribution < -0.4 is 10.6 Å². The topological polar surface area (TPSA) is 58.2 Å². The zero-order chi connectivity index (χ0) is 12.7. The Labute approximate surface area is 142 Å². The molecule has 2 atom stereocenters. The summed E-state index contributed by atoms with van der Waals surface area (Å²) in [5.41, 5.74) is 0. The molecule has 0 saturated carbocycles. The molecule has 5 heteroatoms. The van der Waals surface area contributed by atoms with Crippen LogP contribution in [0.25, 0.3) is 0 Å². The molecule has 1 heterocycles. The molecule has 0 bridgehead atoms. The van der Waals surface area contributed by atoms with Crippen LogP contribution in [-0.2, 0) is 42.3 Å². The van der Waals surface area contributed by atoms with Gasteiger partial charge in [-0.05, 0) is 13.3 Å². The minimum atomic E-state index is -0.465. The molecular formula is C14H27N2O2Y-. The molecule has 1 radical (unpaired) electrons. The second kappa shape index (κ2) is 11.8. The molecule has 1 rings (SSSR count). The van der Waals surface area contributed by atoms with Gasteiger partial charge in [0.15, 0.2) is 5.91 Å². The molecule has 0 aromatic carbocycles. The number of carbonyl (C=O) groups excluding carboxylic acids is 2.